The number of benzene rings is 1. The zero-order valence-corrected chi connectivity index (χ0v) is 15.9. The van der Waals surface area contributed by atoms with Crippen LogP contribution in [0.2, 0.25) is 0 Å². The molecule has 0 aliphatic carbocycles. The first-order valence-corrected chi connectivity index (χ1v) is 11.0. The van der Waals surface area contributed by atoms with E-state index in [9.17, 15) is 8.42 Å². The van der Waals surface area contributed by atoms with Crippen LogP contribution in [-0.2, 0) is 14.6 Å². The van der Waals surface area contributed by atoms with Crippen LogP contribution in [0.15, 0.2) is 29.2 Å². The fourth-order valence-corrected chi connectivity index (χ4v) is 4.18. The van der Waals surface area contributed by atoms with Crippen molar-refractivity contribution < 1.29 is 13.2 Å². The predicted molar refractivity (Wildman–Crippen MR) is 98.3 cm³/mol. The molecule has 6 nitrogen and oxygen atoms in total. The van der Waals surface area contributed by atoms with Crippen LogP contribution in [0.1, 0.15) is 31.4 Å². The average Bonchev–Trinajstić information content (AvgIpc) is 3.12. The molecule has 1 aromatic carbocycles. The standard InChI is InChI=1S/C18H29N3O3S/c1-3-21-12-17(14-6-8-16(9-7-14)25(2,22)23)20-18(13-21)19-11-15-5-4-10-24-15/h6-9,15,17-20H,3-5,10-13H2,1-2H3/t15-,17?,18?/m0/s1. The molecule has 2 saturated heterocycles. The lowest BCUT2D eigenvalue weighted by Crippen LogP contribution is -2.59. The van der Waals surface area contributed by atoms with Gasteiger partial charge in [0.05, 0.1) is 17.2 Å². The lowest BCUT2D eigenvalue weighted by molar-refractivity contribution is 0.0932. The Balaban J connectivity index is 1.65. The van der Waals surface area contributed by atoms with Crippen LogP contribution in [0.25, 0.3) is 0 Å². The fraction of sp³-hybridized carbons (Fsp3) is 0.667. The molecule has 0 saturated carbocycles. The van der Waals surface area contributed by atoms with Gasteiger partial charge >= 0.3 is 0 Å². The van der Waals surface area contributed by atoms with Gasteiger partial charge in [0, 0.05) is 38.5 Å². The molecule has 2 N–H and O–H groups in total. The highest BCUT2D eigenvalue weighted by Crippen LogP contribution is 2.21. The lowest BCUT2D eigenvalue weighted by atomic mass is 10.0. The fourth-order valence-electron chi connectivity index (χ4n) is 3.55. The van der Waals surface area contributed by atoms with Gasteiger partial charge in [-0.1, -0.05) is 19.1 Å². The maximum atomic E-state index is 11.6. The molecule has 3 rings (SSSR count). The van der Waals surface area contributed by atoms with Gasteiger partial charge in [-0.25, -0.2) is 8.42 Å². The zero-order valence-electron chi connectivity index (χ0n) is 15.1. The van der Waals surface area contributed by atoms with Crippen LogP contribution < -0.4 is 10.6 Å². The van der Waals surface area contributed by atoms with Gasteiger partial charge in [0.15, 0.2) is 9.84 Å². The second-order valence-corrected chi connectivity index (χ2v) is 9.02. The van der Waals surface area contributed by atoms with Crippen molar-refractivity contribution in [1.82, 2.24) is 15.5 Å². The summed E-state index contributed by atoms with van der Waals surface area (Å²) in [6.45, 7) is 6.80. The van der Waals surface area contributed by atoms with Gasteiger partial charge in [-0.15, -0.1) is 0 Å². The SMILES string of the molecule is CCN1CC(NC[C@@H]2CCCO2)NC(c2ccc(S(C)(=O)=O)cc2)C1. The molecule has 0 amide bonds. The number of sulfone groups is 1. The minimum atomic E-state index is -3.15. The van der Waals surface area contributed by atoms with E-state index in [2.05, 4.69) is 22.5 Å². The Morgan fingerprint density at radius 2 is 2.04 bits per heavy atom. The van der Waals surface area contributed by atoms with Crippen LogP contribution in [0.4, 0.5) is 0 Å². The third-order valence-electron chi connectivity index (χ3n) is 5.06. The first-order chi connectivity index (χ1) is 12.0. The summed E-state index contributed by atoms with van der Waals surface area (Å²) in [5.74, 6) is 0. The Hall–Kier alpha value is -0.990. The molecule has 7 heteroatoms. The molecule has 1 aromatic rings. The van der Waals surface area contributed by atoms with Gasteiger partial charge in [0.1, 0.15) is 0 Å². The summed E-state index contributed by atoms with van der Waals surface area (Å²) in [6.07, 6.45) is 4.06. The van der Waals surface area contributed by atoms with Crippen molar-refractivity contribution in [2.24, 2.45) is 0 Å². The van der Waals surface area contributed by atoms with Gasteiger partial charge in [-0.2, -0.15) is 0 Å². The molecule has 0 bridgehead atoms. The summed E-state index contributed by atoms with van der Waals surface area (Å²) in [5.41, 5.74) is 1.12. The van der Waals surface area contributed by atoms with E-state index in [0.29, 0.717) is 11.0 Å². The molecule has 2 heterocycles. The van der Waals surface area contributed by atoms with E-state index in [1.807, 2.05) is 12.1 Å². The number of nitrogens with one attached hydrogen (secondary N) is 2. The molecule has 2 aliphatic rings. The molecule has 2 fully saturated rings. The Kier molecular flexibility index (Phi) is 6.12. The van der Waals surface area contributed by atoms with E-state index >= 15 is 0 Å². The topological polar surface area (TPSA) is 70.7 Å². The van der Waals surface area contributed by atoms with Crippen molar-refractivity contribution in [2.45, 2.75) is 43.0 Å². The molecule has 0 spiro atoms. The normalized spacial score (nSPS) is 28.3. The molecular weight excluding hydrogens is 338 g/mol. The number of likely N-dealkylation sites (N-methyl/N-ethyl adjacent to an activating group) is 1. The Labute approximate surface area is 150 Å². The van der Waals surface area contributed by atoms with Gasteiger partial charge in [0.2, 0.25) is 0 Å². The van der Waals surface area contributed by atoms with Gasteiger partial charge < -0.3 is 4.74 Å². The van der Waals surface area contributed by atoms with E-state index in [4.69, 9.17) is 4.74 Å². The van der Waals surface area contributed by atoms with Crippen LogP contribution in [0, 0.1) is 0 Å². The van der Waals surface area contributed by atoms with E-state index in [-0.39, 0.29) is 12.2 Å². The molecule has 0 aromatic heterocycles. The average molecular weight is 368 g/mol. The van der Waals surface area contributed by atoms with Crippen molar-refractivity contribution in [3.63, 3.8) is 0 Å². The quantitative estimate of drug-likeness (QED) is 0.786. The van der Waals surface area contributed by atoms with E-state index in [0.717, 1.165) is 51.2 Å². The molecular formula is C18H29N3O3S. The number of hydrogen-bond donors (Lipinski definition) is 2. The monoisotopic (exact) mass is 367 g/mol. The molecule has 25 heavy (non-hydrogen) atoms. The maximum absolute atomic E-state index is 11.6. The maximum Gasteiger partial charge on any atom is 0.175 e. The summed E-state index contributed by atoms with van der Waals surface area (Å²) >= 11 is 0. The number of ether oxygens (including phenoxy) is 1. The van der Waals surface area contributed by atoms with E-state index in [1.165, 1.54) is 6.26 Å². The summed E-state index contributed by atoms with van der Waals surface area (Å²) < 4.78 is 29.0. The minimum Gasteiger partial charge on any atom is -0.377 e. The van der Waals surface area contributed by atoms with Crippen molar-refractivity contribution in [3.8, 4) is 0 Å². The summed E-state index contributed by atoms with van der Waals surface area (Å²) in [7, 11) is -3.15. The third kappa shape index (κ3) is 5.01. The van der Waals surface area contributed by atoms with E-state index in [1.54, 1.807) is 12.1 Å². The highest BCUT2D eigenvalue weighted by Gasteiger charge is 2.27. The highest BCUT2D eigenvalue weighted by molar-refractivity contribution is 7.90. The number of piperazine rings is 1. The summed E-state index contributed by atoms with van der Waals surface area (Å²) in [4.78, 5) is 2.78. The van der Waals surface area contributed by atoms with Crippen molar-refractivity contribution in [2.75, 3.05) is 39.0 Å². The smallest absolute Gasteiger partial charge is 0.175 e. The highest BCUT2D eigenvalue weighted by atomic mass is 32.2. The summed E-state index contributed by atoms with van der Waals surface area (Å²) in [6, 6.07) is 7.43. The predicted octanol–water partition coefficient (Wildman–Crippen LogP) is 1.15. The lowest BCUT2D eigenvalue weighted by Gasteiger charge is -2.39. The van der Waals surface area contributed by atoms with Crippen LogP contribution in [0.5, 0.6) is 0 Å². The largest absolute Gasteiger partial charge is 0.377 e. The van der Waals surface area contributed by atoms with Gasteiger partial charge in [0.25, 0.3) is 0 Å². The van der Waals surface area contributed by atoms with Crippen molar-refractivity contribution in [1.29, 1.82) is 0 Å². The van der Waals surface area contributed by atoms with Crippen LogP contribution in [-0.4, -0.2) is 64.6 Å². The first-order valence-electron chi connectivity index (χ1n) is 9.09. The van der Waals surface area contributed by atoms with Gasteiger partial charge in [-0.3, -0.25) is 15.5 Å². The first kappa shape index (κ1) is 18.8. The van der Waals surface area contributed by atoms with E-state index < -0.39 is 9.84 Å². The van der Waals surface area contributed by atoms with Crippen molar-refractivity contribution >= 4 is 9.84 Å². The minimum absolute atomic E-state index is 0.185. The van der Waals surface area contributed by atoms with Crippen LogP contribution in [0.3, 0.4) is 0 Å². The van der Waals surface area contributed by atoms with Crippen molar-refractivity contribution in [3.05, 3.63) is 29.8 Å². The number of nitrogens with zero attached hydrogens (tertiary/aromatic N) is 1. The third-order valence-corrected chi connectivity index (χ3v) is 6.19. The molecule has 140 valence electrons. The molecule has 3 atom stereocenters. The number of rotatable bonds is 6. The molecule has 2 aliphatic heterocycles. The Bertz CT molecular complexity index is 657. The van der Waals surface area contributed by atoms with Gasteiger partial charge in [-0.05, 0) is 37.1 Å². The Morgan fingerprint density at radius 1 is 1.28 bits per heavy atom. The molecule has 0 radical (unpaired) electrons. The number of hydrogen-bond acceptors (Lipinski definition) is 6. The second-order valence-electron chi connectivity index (χ2n) is 7.01. The van der Waals surface area contributed by atoms with Crippen LogP contribution >= 0.6 is 0 Å². The molecule has 2 unspecified atom stereocenters. The second kappa shape index (κ2) is 8.14. The summed E-state index contributed by atoms with van der Waals surface area (Å²) in [5, 5.41) is 7.25. The Morgan fingerprint density at radius 3 is 2.64 bits per heavy atom. The zero-order chi connectivity index (χ0) is 17.9.